The molecule has 0 unspecified atom stereocenters. The number of likely N-dealkylation sites (N-methyl/N-ethyl adjacent to an activating group) is 1. The van der Waals surface area contributed by atoms with Crippen molar-refractivity contribution in [2.75, 3.05) is 26.8 Å². The minimum atomic E-state index is 0.512. The lowest BCUT2D eigenvalue weighted by atomic mass is 9.94. The van der Waals surface area contributed by atoms with Gasteiger partial charge in [0.1, 0.15) is 13.2 Å². The molecule has 0 radical (unpaired) electrons. The summed E-state index contributed by atoms with van der Waals surface area (Å²) in [5.41, 5.74) is 2.73. The maximum absolute atomic E-state index is 5.63. The third kappa shape index (κ3) is 2.72. The van der Waals surface area contributed by atoms with Gasteiger partial charge in [0.25, 0.3) is 0 Å². The standard InChI is InChI=1S/C14H21NO2/c1-10(2)12-9-14-13(16-6-7-17-14)8-11(12)4-5-15-3/h8-10,15H,4-7H2,1-3H3. The summed E-state index contributed by atoms with van der Waals surface area (Å²) >= 11 is 0. The Labute approximate surface area is 103 Å². The molecule has 1 heterocycles. The molecule has 1 aliphatic rings. The molecule has 1 aromatic rings. The van der Waals surface area contributed by atoms with Gasteiger partial charge in [-0.25, -0.2) is 0 Å². The van der Waals surface area contributed by atoms with Crippen molar-refractivity contribution in [1.82, 2.24) is 5.32 Å². The molecule has 0 bridgehead atoms. The highest BCUT2D eigenvalue weighted by Crippen LogP contribution is 2.35. The summed E-state index contributed by atoms with van der Waals surface area (Å²) < 4.78 is 11.3. The Morgan fingerprint density at radius 2 is 1.82 bits per heavy atom. The van der Waals surface area contributed by atoms with Crippen LogP contribution in [0.3, 0.4) is 0 Å². The predicted molar refractivity (Wildman–Crippen MR) is 69.2 cm³/mol. The molecule has 1 aromatic carbocycles. The first kappa shape index (κ1) is 12.2. The van der Waals surface area contributed by atoms with Crippen molar-refractivity contribution >= 4 is 0 Å². The highest BCUT2D eigenvalue weighted by molar-refractivity contribution is 5.49. The molecule has 0 spiro atoms. The van der Waals surface area contributed by atoms with Crippen LogP contribution in [0.5, 0.6) is 11.5 Å². The van der Waals surface area contributed by atoms with Gasteiger partial charge in [0.15, 0.2) is 11.5 Å². The number of nitrogens with one attached hydrogen (secondary N) is 1. The lowest BCUT2D eigenvalue weighted by molar-refractivity contribution is 0.171. The monoisotopic (exact) mass is 235 g/mol. The average molecular weight is 235 g/mol. The number of rotatable bonds is 4. The largest absolute Gasteiger partial charge is 0.486 e. The van der Waals surface area contributed by atoms with E-state index in [2.05, 4.69) is 31.3 Å². The van der Waals surface area contributed by atoms with E-state index in [1.54, 1.807) is 0 Å². The summed E-state index contributed by atoms with van der Waals surface area (Å²) in [5, 5.41) is 3.19. The molecular weight excluding hydrogens is 214 g/mol. The summed E-state index contributed by atoms with van der Waals surface area (Å²) in [5.74, 6) is 2.30. The van der Waals surface area contributed by atoms with Crippen LogP contribution in [-0.2, 0) is 6.42 Å². The summed E-state index contributed by atoms with van der Waals surface area (Å²) in [6.45, 7) is 6.72. The van der Waals surface area contributed by atoms with Crippen molar-refractivity contribution in [3.05, 3.63) is 23.3 Å². The SMILES string of the molecule is CNCCc1cc2c(cc1C(C)C)OCCO2. The Bertz CT molecular complexity index is 388. The molecule has 1 aliphatic heterocycles. The fourth-order valence-corrected chi connectivity index (χ4v) is 2.16. The smallest absolute Gasteiger partial charge is 0.161 e. The van der Waals surface area contributed by atoms with Gasteiger partial charge < -0.3 is 14.8 Å². The van der Waals surface area contributed by atoms with Gasteiger partial charge in [-0.15, -0.1) is 0 Å². The highest BCUT2D eigenvalue weighted by Gasteiger charge is 2.16. The van der Waals surface area contributed by atoms with E-state index < -0.39 is 0 Å². The molecule has 1 N–H and O–H groups in total. The minimum absolute atomic E-state index is 0.512. The zero-order chi connectivity index (χ0) is 12.3. The van der Waals surface area contributed by atoms with E-state index in [-0.39, 0.29) is 0 Å². The van der Waals surface area contributed by atoms with Crippen LogP contribution in [0.4, 0.5) is 0 Å². The molecule has 94 valence electrons. The zero-order valence-electron chi connectivity index (χ0n) is 10.9. The summed E-state index contributed by atoms with van der Waals surface area (Å²) in [4.78, 5) is 0. The lowest BCUT2D eigenvalue weighted by Crippen LogP contribution is -2.17. The number of ether oxygens (including phenoxy) is 2. The van der Waals surface area contributed by atoms with Gasteiger partial charge in [0, 0.05) is 0 Å². The van der Waals surface area contributed by atoms with E-state index in [1.807, 2.05) is 7.05 Å². The first-order valence-corrected chi connectivity index (χ1v) is 6.29. The second-order valence-corrected chi connectivity index (χ2v) is 4.70. The van der Waals surface area contributed by atoms with Crippen molar-refractivity contribution in [2.24, 2.45) is 0 Å². The number of hydrogen-bond donors (Lipinski definition) is 1. The number of fused-ring (bicyclic) bond motifs is 1. The summed E-state index contributed by atoms with van der Waals surface area (Å²) in [6, 6.07) is 4.28. The van der Waals surface area contributed by atoms with Gasteiger partial charge in [0.05, 0.1) is 0 Å². The topological polar surface area (TPSA) is 30.5 Å². The van der Waals surface area contributed by atoms with Crippen LogP contribution in [-0.4, -0.2) is 26.8 Å². The molecule has 3 nitrogen and oxygen atoms in total. The van der Waals surface area contributed by atoms with E-state index in [4.69, 9.17) is 9.47 Å². The normalized spacial score (nSPS) is 14.1. The first-order chi connectivity index (χ1) is 8.22. The van der Waals surface area contributed by atoms with Crippen molar-refractivity contribution in [3.63, 3.8) is 0 Å². The zero-order valence-corrected chi connectivity index (χ0v) is 10.9. The fourth-order valence-electron chi connectivity index (χ4n) is 2.16. The minimum Gasteiger partial charge on any atom is -0.486 e. The van der Waals surface area contributed by atoms with Gasteiger partial charge in [-0.05, 0) is 49.2 Å². The molecule has 0 aliphatic carbocycles. The summed E-state index contributed by atoms with van der Waals surface area (Å²) in [6.07, 6.45) is 1.03. The van der Waals surface area contributed by atoms with Gasteiger partial charge in [-0.3, -0.25) is 0 Å². The number of hydrogen-bond acceptors (Lipinski definition) is 3. The van der Waals surface area contributed by atoms with E-state index >= 15 is 0 Å². The molecule has 2 rings (SSSR count). The Morgan fingerprint density at radius 1 is 1.18 bits per heavy atom. The van der Waals surface area contributed by atoms with Crippen LogP contribution in [0.2, 0.25) is 0 Å². The first-order valence-electron chi connectivity index (χ1n) is 6.29. The van der Waals surface area contributed by atoms with Gasteiger partial charge in [-0.1, -0.05) is 13.8 Å². The molecule has 3 heteroatoms. The average Bonchev–Trinajstić information content (AvgIpc) is 2.35. The van der Waals surface area contributed by atoms with Crippen LogP contribution in [0.25, 0.3) is 0 Å². The highest BCUT2D eigenvalue weighted by atomic mass is 16.6. The van der Waals surface area contributed by atoms with Crippen molar-refractivity contribution in [2.45, 2.75) is 26.2 Å². The van der Waals surface area contributed by atoms with Crippen LogP contribution in [0.1, 0.15) is 30.9 Å². The van der Waals surface area contributed by atoms with E-state index in [0.29, 0.717) is 19.1 Å². The molecule has 0 aromatic heterocycles. The van der Waals surface area contributed by atoms with Crippen molar-refractivity contribution in [3.8, 4) is 11.5 Å². The lowest BCUT2D eigenvalue weighted by Gasteiger charge is -2.22. The van der Waals surface area contributed by atoms with Crippen molar-refractivity contribution < 1.29 is 9.47 Å². The van der Waals surface area contributed by atoms with E-state index in [0.717, 1.165) is 24.5 Å². The number of benzene rings is 1. The molecule has 0 saturated heterocycles. The molecule has 0 atom stereocenters. The molecular formula is C14H21NO2. The van der Waals surface area contributed by atoms with Crippen LogP contribution in [0.15, 0.2) is 12.1 Å². The second kappa shape index (κ2) is 5.41. The van der Waals surface area contributed by atoms with Crippen LogP contribution in [0, 0.1) is 0 Å². The van der Waals surface area contributed by atoms with Crippen LogP contribution >= 0.6 is 0 Å². The van der Waals surface area contributed by atoms with E-state index in [1.165, 1.54) is 11.1 Å². The Balaban J connectivity index is 2.33. The Hall–Kier alpha value is -1.22. The molecule has 0 saturated carbocycles. The Morgan fingerprint density at radius 3 is 2.41 bits per heavy atom. The van der Waals surface area contributed by atoms with Crippen LogP contribution < -0.4 is 14.8 Å². The van der Waals surface area contributed by atoms with Gasteiger partial charge in [-0.2, -0.15) is 0 Å². The molecule has 0 fully saturated rings. The second-order valence-electron chi connectivity index (χ2n) is 4.70. The molecule has 17 heavy (non-hydrogen) atoms. The summed E-state index contributed by atoms with van der Waals surface area (Å²) in [7, 11) is 1.98. The predicted octanol–water partition coefficient (Wildman–Crippen LogP) is 2.34. The van der Waals surface area contributed by atoms with Gasteiger partial charge >= 0.3 is 0 Å². The molecule has 0 amide bonds. The van der Waals surface area contributed by atoms with Gasteiger partial charge in [0.2, 0.25) is 0 Å². The maximum Gasteiger partial charge on any atom is 0.161 e. The Kier molecular flexibility index (Phi) is 3.89. The quantitative estimate of drug-likeness (QED) is 0.869. The third-order valence-corrected chi connectivity index (χ3v) is 3.07. The van der Waals surface area contributed by atoms with Crippen molar-refractivity contribution in [1.29, 1.82) is 0 Å². The third-order valence-electron chi connectivity index (χ3n) is 3.07. The fraction of sp³-hybridized carbons (Fsp3) is 0.571. The maximum atomic E-state index is 5.63. The van der Waals surface area contributed by atoms with E-state index in [9.17, 15) is 0 Å².